The molecule has 0 aromatic heterocycles. The lowest BCUT2D eigenvalue weighted by molar-refractivity contribution is 0.0696. The number of hydrogen-bond acceptors (Lipinski definition) is 4. The summed E-state index contributed by atoms with van der Waals surface area (Å²) in [5.41, 5.74) is 1.20. The van der Waals surface area contributed by atoms with Gasteiger partial charge in [-0.15, -0.1) is 0 Å². The van der Waals surface area contributed by atoms with Gasteiger partial charge in [0.05, 0.1) is 19.3 Å². The highest BCUT2D eigenvalue weighted by Crippen LogP contribution is 2.21. The Morgan fingerprint density at radius 2 is 2.11 bits per heavy atom. The summed E-state index contributed by atoms with van der Waals surface area (Å²) >= 11 is 0. The van der Waals surface area contributed by atoms with Crippen LogP contribution in [0, 0.1) is 0 Å². The van der Waals surface area contributed by atoms with Crippen LogP contribution in [0.4, 0.5) is 0 Å². The van der Waals surface area contributed by atoms with Gasteiger partial charge in [-0.1, -0.05) is 13.0 Å². The molecule has 0 atom stereocenters. The summed E-state index contributed by atoms with van der Waals surface area (Å²) in [6.45, 7) is 4.51. The molecule has 19 heavy (non-hydrogen) atoms. The number of benzene rings is 1. The van der Waals surface area contributed by atoms with Gasteiger partial charge in [-0.25, -0.2) is 4.79 Å². The maximum absolute atomic E-state index is 10.9. The highest BCUT2D eigenvalue weighted by molar-refractivity contribution is 5.88. The number of aliphatic hydroxyl groups excluding tert-OH is 1. The van der Waals surface area contributed by atoms with Gasteiger partial charge >= 0.3 is 5.97 Å². The molecule has 0 saturated heterocycles. The number of aliphatic hydroxyl groups is 1. The largest absolute Gasteiger partial charge is 0.496 e. The van der Waals surface area contributed by atoms with Crippen molar-refractivity contribution in [3.8, 4) is 5.75 Å². The van der Waals surface area contributed by atoms with Crippen molar-refractivity contribution in [3.05, 3.63) is 29.3 Å². The van der Waals surface area contributed by atoms with E-state index in [-0.39, 0.29) is 12.2 Å². The molecule has 0 heterocycles. The normalized spacial score (nSPS) is 10.7. The predicted octanol–water partition coefficient (Wildman–Crippen LogP) is 1.25. The van der Waals surface area contributed by atoms with Crippen LogP contribution < -0.4 is 4.74 Å². The fourth-order valence-corrected chi connectivity index (χ4v) is 1.93. The molecular weight excluding hydrogens is 246 g/mol. The Morgan fingerprint density at radius 3 is 2.63 bits per heavy atom. The van der Waals surface area contributed by atoms with Crippen molar-refractivity contribution in [1.29, 1.82) is 0 Å². The minimum absolute atomic E-state index is 0.142. The minimum Gasteiger partial charge on any atom is -0.496 e. The molecule has 0 bridgehead atoms. The van der Waals surface area contributed by atoms with Crippen LogP contribution in [-0.4, -0.2) is 54.4 Å². The summed E-state index contributed by atoms with van der Waals surface area (Å²) in [5.74, 6) is -0.361. The summed E-state index contributed by atoms with van der Waals surface area (Å²) in [4.78, 5) is 13.0. The zero-order chi connectivity index (χ0) is 14.3. The molecule has 0 aliphatic carbocycles. The van der Waals surface area contributed by atoms with Crippen LogP contribution in [0.3, 0.4) is 0 Å². The second kappa shape index (κ2) is 7.76. The predicted molar refractivity (Wildman–Crippen MR) is 72.9 cm³/mol. The molecule has 0 amide bonds. The highest BCUT2D eigenvalue weighted by atomic mass is 16.5. The lowest BCUT2D eigenvalue weighted by atomic mass is 10.1. The Labute approximate surface area is 113 Å². The molecule has 0 unspecified atom stereocenters. The van der Waals surface area contributed by atoms with Gasteiger partial charge in [0.1, 0.15) is 5.75 Å². The first-order valence-corrected chi connectivity index (χ1v) is 6.35. The van der Waals surface area contributed by atoms with E-state index < -0.39 is 5.97 Å². The van der Waals surface area contributed by atoms with Crippen molar-refractivity contribution in [1.82, 2.24) is 4.90 Å². The topological polar surface area (TPSA) is 70.0 Å². The third-order valence-electron chi connectivity index (χ3n) is 3.09. The monoisotopic (exact) mass is 267 g/mol. The number of carbonyl (C=O) groups is 1. The first-order valence-electron chi connectivity index (χ1n) is 6.35. The van der Waals surface area contributed by atoms with Crippen LogP contribution >= 0.6 is 0 Å². The number of likely N-dealkylation sites (N-methyl/N-ethyl adjacent to an activating group) is 1. The van der Waals surface area contributed by atoms with E-state index in [2.05, 4.69) is 4.90 Å². The third kappa shape index (κ3) is 4.54. The van der Waals surface area contributed by atoms with E-state index in [4.69, 9.17) is 14.9 Å². The first kappa shape index (κ1) is 15.5. The summed E-state index contributed by atoms with van der Waals surface area (Å²) in [5, 5.41) is 17.9. The molecule has 106 valence electrons. The van der Waals surface area contributed by atoms with Crippen molar-refractivity contribution in [2.75, 3.05) is 33.4 Å². The Balaban J connectivity index is 2.75. The van der Waals surface area contributed by atoms with E-state index in [1.54, 1.807) is 18.2 Å². The van der Waals surface area contributed by atoms with Crippen molar-refractivity contribution in [2.24, 2.45) is 0 Å². The molecule has 0 radical (unpaired) electrons. The Kier molecular flexibility index (Phi) is 6.32. The Bertz CT molecular complexity index is 420. The second-order valence-electron chi connectivity index (χ2n) is 4.24. The number of carboxylic acids is 1. The van der Waals surface area contributed by atoms with Crippen LogP contribution in [0.5, 0.6) is 5.75 Å². The summed E-state index contributed by atoms with van der Waals surface area (Å²) in [7, 11) is 1.54. The van der Waals surface area contributed by atoms with Gasteiger partial charge in [0.15, 0.2) is 0 Å². The quantitative estimate of drug-likeness (QED) is 0.742. The van der Waals surface area contributed by atoms with E-state index in [1.165, 1.54) is 7.11 Å². The van der Waals surface area contributed by atoms with Crippen LogP contribution in [0.15, 0.2) is 18.2 Å². The molecule has 5 nitrogen and oxygen atoms in total. The standard InChI is InChI=1S/C14H21NO4/c1-3-15(8-9-16)7-6-11-4-5-12(14(17)18)10-13(11)19-2/h4-5,10,16H,3,6-9H2,1-2H3,(H,17,18). The molecule has 2 N–H and O–H groups in total. The van der Waals surface area contributed by atoms with Crippen molar-refractivity contribution in [2.45, 2.75) is 13.3 Å². The van der Waals surface area contributed by atoms with Gasteiger partial charge in [0.25, 0.3) is 0 Å². The number of aromatic carboxylic acids is 1. The summed E-state index contributed by atoms with van der Waals surface area (Å²) in [6, 6.07) is 4.91. The fourth-order valence-electron chi connectivity index (χ4n) is 1.93. The first-order chi connectivity index (χ1) is 9.12. The Morgan fingerprint density at radius 1 is 1.37 bits per heavy atom. The lowest BCUT2D eigenvalue weighted by Gasteiger charge is -2.19. The molecular formula is C14H21NO4. The molecule has 1 aromatic carbocycles. The smallest absolute Gasteiger partial charge is 0.335 e. The zero-order valence-corrected chi connectivity index (χ0v) is 11.4. The average molecular weight is 267 g/mol. The van der Waals surface area contributed by atoms with Crippen LogP contribution in [0.1, 0.15) is 22.8 Å². The van der Waals surface area contributed by atoms with Gasteiger partial charge in [-0.2, -0.15) is 0 Å². The number of rotatable bonds is 8. The maximum atomic E-state index is 10.9. The molecule has 0 aliphatic heterocycles. The van der Waals surface area contributed by atoms with Crippen molar-refractivity contribution < 1.29 is 19.7 Å². The maximum Gasteiger partial charge on any atom is 0.335 e. The van der Waals surface area contributed by atoms with Gasteiger partial charge in [-0.05, 0) is 30.7 Å². The van der Waals surface area contributed by atoms with Crippen molar-refractivity contribution in [3.63, 3.8) is 0 Å². The molecule has 0 fully saturated rings. The van der Waals surface area contributed by atoms with E-state index in [0.29, 0.717) is 12.3 Å². The number of methoxy groups -OCH3 is 1. The lowest BCUT2D eigenvalue weighted by Crippen LogP contribution is -2.28. The van der Waals surface area contributed by atoms with E-state index in [9.17, 15) is 4.79 Å². The third-order valence-corrected chi connectivity index (χ3v) is 3.09. The van der Waals surface area contributed by atoms with Gasteiger partial charge < -0.3 is 19.8 Å². The average Bonchev–Trinajstić information content (AvgIpc) is 2.43. The van der Waals surface area contributed by atoms with Crippen LogP contribution in [0.2, 0.25) is 0 Å². The number of ether oxygens (including phenoxy) is 1. The van der Waals surface area contributed by atoms with Crippen LogP contribution in [0.25, 0.3) is 0 Å². The highest BCUT2D eigenvalue weighted by Gasteiger charge is 2.10. The van der Waals surface area contributed by atoms with E-state index in [0.717, 1.165) is 25.1 Å². The SMILES string of the molecule is CCN(CCO)CCc1ccc(C(=O)O)cc1OC. The summed E-state index contributed by atoms with van der Waals surface area (Å²) in [6.07, 6.45) is 0.761. The number of hydrogen-bond donors (Lipinski definition) is 2. The Hall–Kier alpha value is -1.59. The van der Waals surface area contributed by atoms with Gasteiger partial charge in [0.2, 0.25) is 0 Å². The molecule has 5 heteroatoms. The van der Waals surface area contributed by atoms with Gasteiger partial charge in [-0.3, -0.25) is 0 Å². The fraction of sp³-hybridized carbons (Fsp3) is 0.500. The molecule has 0 aliphatic rings. The van der Waals surface area contributed by atoms with Crippen LogP contribution in [-0.2, 0) is 6.42 Å². The molecule has 1 aromatic rings. The number of carboxylic acid groups (broad SMARTS) is 1. The van der Waals surface area contributed by atoms with E-state index >= 15 is 0 Å². The molecule has 0 spiro atoms. The summed E-state index contributed by atoms with van der Waals surface area (Å²) < 4.78 is 5.23. The number of nitrogens with zero attached hydrogens (tertiary/aromatic N) is 1. The van der Waals surface area contributed by atoms with E-state index in [1.807, 2.05) is 6.92 Å². The van der Waals surface area contributed by atoms with Crippen molar-refractivity contribution >= 4 is 5.97 Å². The molecule has 1 rings (SSSR count). The van der Waals surface area contributed by atoms with Gasteiger partial charge in [0, 0.05) is 13.1 Å². The minimum atomic E-state index is -0.958. The molecule has 0 saturated carbocycles. The second-order valence-corrected chi connectivity index (χ2v) is 4.24. The zero-order valence-electron chi connectivity index (χ0n) is 11.4.